The Balaban J connectivity index is 1.23. The number of fused-ring (bicyclic) bond motifs is 3. The molecular weight excluding hydrogens is 624 g/mol. The van der Waals surface area contributed by atoms with Crippen molar-refractivity contribution in [3.63, 3.8) is 0 Å². The van der Waals surface area contributed by atoms with Crippen molar-refractivity contribution in [3.8, 4) is 11.5 Å². The SMILES string of the molecule is Cc1cc(C2(c3cc(C)c(OC(=O)C4C5CCCCC54)cc3C(C)C)OC(=O)c3ccccc32)c(C(C)C)cc1OC(=O)C1C2CCCCC21. The van der Waals surface area contributed by atoms with Crippen LogP contribution in [0, 0.1) is 49.4 Å². The summed E-state index contributed by atoms with van der Waals surface area (Å²) in [4.78, 5) is 40.8. The molecule has 0 radical (unpaired) electrons. The van der Waals surface area contributed by atoms with Gasteiger partial charge in [0.1, 0.15) is 11.5 Å². The molecule has 1 aliphatic heterocycles. The number of ether oxygens (including phenoxy) is 3. The zero-order valence-corrected chi connectivity index (χ0v) is 30.3. The Morgan fingerprint density at radius 2 is 1.08 bits per heavy atom. The van der Waals surface area contributed by atoms with E-state index in [1.54, 1.807) is 0 Å². The summed E-state index contributed by atoms with van der Waals surface area (Å²) in [5.41, 5.74) is 5.32. The van der Waals surface area contributed by atoms with E-state index in [0.29, 0.717) is 40.7 Å². The van der Waals surface area contributed by atoms with Crippen LogP contribution in [0.25, 0.3) is 0 Å². The van der Waals surface area contributed by atoms with Crippen molar-refractivity contribution in [2.75, 3.05) is 0 Å². The van der Waals surface area contributed by atoms with Crippen molar-refractivity contribution in [3.05, 3.63) is 93.0 Å². The molecule has 0 aromatic heterocycles. The van der Waals surface area contributed by atoms with Gasteiger partial charge in [0.25, 0.3) is 0 Å². The van der Waals surface area contributed by atoms with Crippen LogP contribution in [0.3, 0.4) is 0 Å². The number of benzene rings is 3. The van der Waals surface area contributed by atoms with E-state index in [1.165, 1.54) is 25.7 Å². The van der Waals surface area contributed by atoms with Gasteiger partial charge < -0.3 is 14.2 Å². The fourth-order valence-corrected chi connectivity index (χ4v) is 9.99. The van der Waals surface area contributed by atoms with Crippen LogP contribution in [-0.2, 0) is 19.9 Å². The largest absolute Gasteiger partial charge is 0.441 e. The van der Waals surface area contributed by atoms with Crippen molar-refractivity contribution in [2.24, 2.45) is 35.5 Å². The maximum absolute atomic E-state index is 13.8. The Morgan fingerprint density at radius 3 is 1.50 bits per heavy atom. The number of hydrogen-bond donors (Lipinski definition) is 0. The highest BCUT2D eigenvalue weighted by Gasteiger charge is 2.57. The highest BCUT2D eigenvalue weighted by atomic mass is 16.6. The first-order valence-corrected chi connectivity index (χ1v) is 19.1. The molecule has 0 bridgehead atoms. The Kier molecular flexibility index (Phi) is 8.23. The molecule has 50 heavy (non-hydrogen) atoms. The van der Waals surface area contributed by atoms with E-state index in [9.17, 15) is 14.4 Å². The number of aryl methyl sites for hydroxylation is 2. The molecule has 0 amide bonds. The summed E-state index contributed by atoms with van der Waals surface area (Å²) in [6, 6.07) is 15.8. The molecule has 5 aliphatic rings. The molecule has 3 aromatic carbocycles. The Morgan fingerprint density at radius 1 is 0.660 bits per heavy atom. The number of carbonyl (C=O) groups is 3. The molecule has 3 aromatic rings. The summed E-state index contributed by atoms with van der Waals surface area (Å²) in [7, 11) is 0. The number of cyclic esters (lactones) is 1. The van der Waals surface area contributed by atoms with Gasteiger partial charge in [-0.05, 0) is 128 Å². The quantitative estimate of drug-likeness (QED) is 0.175. The van der Waals surface area contributed by atoms with Gasteiger partial charge in [-0.1, -0.05) is 71.6 Å². The lowest BCUT2D eigenvalue weighted by atomic mass is 9.72. The van der Waals surface area contributed by atoms with Crippen LogP contribution in [0.1, 0.15) is 140 Å². The molecule has 4 saturated carbocycles. The summed E-state index contributed by atoms with van der Waals surface area (Å²) < 4.78 is 19.1. The van der Waals surface area contributed by atoms with Gasteiger partial charge in [-0.2, -0.15) is 0 Å². The normalized spacial score (nSPS) is 29.2. The number of esters is 3. The highest BCUT2D eigenvalue weighted by molar-refractivity contribution is 5.96. The summed E-state index contributed by atoms with van der Waals surface area (Å²) >= 11 is 0. The molecule has 4 fully saturated rings. The average Bonchev–Trinajstić information content (AvgIpc) is 3.99. The Labute approximate surface area is 296 Å². The van der Waals surface area contributed by atoms with Crippen molar-refractivity contribution in [2.45, 2.75) is 110 Å². The predicted octanol–water partition coefficient (Wildman–Crippen LogP) is 9.70. The summed E-state index contributed by atoms with van der Waals surface area (Å²) in [6.45, 7) is 12.4. The molecule has 262 valence electrons. The Hall–Kier alpha value is -3.93. The van der Waals surface area contributed by atoms with Crippen LogP contribution in [0.5, 0.6) is 11.5 Å². The Bertz CT molecular complexity index is 1760. The fraction of sp³-hybridized carbons (Fsp3) is 0.523. The smallest absolute Gasteiger partial charge is 0.340 e. The maximum Gasteiger partial charge on any atom is 0.340 e. The van der Waals surface area contributed by atoms with Gasteiger partial charge in [-0.25, -0.2) is 4.79 Å². The van der Waals surface area contributed by atoms with Gasteiger partial charge in [0.05, 0.1) is 17.4 Å². The summed E-state index contributed by atoms with van der Waals surface area (Å²) in [5, 5.41) is 0. The molecule has 1 heterocycles. The zero-order chi connectivity index (χ0) is 35.1. The van der Waals surface area contributed by atoms with E-state index >= 15 is 0 Å². The van der Waals surface area contributed by atoms with Gasteiger partial charge in [-0.3, -0.25) is 9.59 Å². The topological polar surface area (TPSA) is 78.9 Å². The molecule has 0 spiro atoms. The number of hydrogen-bond acceptors (Lipinski definition) is 6. The molecule has 4 atom stereocenters. The van der Waals surface area contributed by atoms with Crippen LogP contribution in [0.15, 0.2) is 48.5 Å². The van der Waals surface area contributed by atoms with Gasteiger partial charge in [0, 0.05) is 16.7 Å². The second-order valence-electron chi connectivity index (χ2n) is 16.5. The molecule has 0 N–H and O–H groups in total. The van der Waals surface area contributed by atoms with Gasteiger partial charge in [0.15, 0.2) is 5.60 Å². The van der Waals surface area contributed by atoms with Crippen molar-refractivity contribution in [1.82, 2.24) is 0 Å². The minimum atomic E-state index is -1.26. The maximum atomic E-state index is 13.8. The van der Waals surface area contributed by atoms with Crippen LogP contribution in [0.4, 0.5) is 0 Å². The molecule has 6 nitrogen and oxygen atoms in total. The molecule has 0 saturated heterocycles. The van der Waals surface area contributed by atoms with Crippen LogP contribution >= 0.6 is 0 Å². The minimum absolute atomic E-state index is 0.00115. The second kappa shape index (κ2) is 12.4. The van der Waals surface area contributed by atoms with Crippen LogP contribution in [-0.4, -0.2) is 17.9 Å². The van der Waals surface area contributed by atoms with Crippen LogP contribution < -0.4 is 9.47 Å². The standard InChI is InChI=1S/C44H50O6/c1-23(2)32-21-37(48-42(46)39-27-13-7-8-14-28(27)39)25(5)19-35(32)44(34-18-12-11-17-31(34)41(45)50-44)36-20-26(6)38(22-33(36)24(3)4)49-43(47)40-29-15-9-10-16-30(29)40/h11-12,17-24,27-30,39-40H,7-10,13-16H2,1-6H3. The average molecular weight is 675 g/mol. The van der Waals surface area contributed by atoms with E-state index in [2.05, 4.69) is 39.8 Å². The third kappa shape index (κ3) is 5.31. The minimum Gasteiger partial charge on any atom is -0.441 e. The first-order valence-electron chi connectivity index (χ1n) is 19.1. The van der Waals surface area contributed by atoms with E-state index < -0.39 is 5.60 Å². The van der Waals surface area contributed by atoms with E-state index in [0.717, 1.165) is 64.6 Å². The van der Waals surface area contributed by atoms with Crippen LogP contribution in [0.2, 0.25) is 0 Å². The third-order valence-electron chi connectivity index (χ3n) is 12.7. The summed E-state index contributed by atoms with van der Waals surface area (Å²) in [6.07, 6.45) is 9.24. The van der Waals surface area contributed by atoms with Crippen molar-refractivity contribution < 1.29 is 28.6 Å². The summed E-state index contributed by atoms with van der Waals surface area (Å²) in [5.74, 6) is 2.45. The highest BCUT2D eigenvalue weighted by Crippen LogP contribution is 2.58. The van der Waals surface area contributed by atoms with Crippen molar-refractivity contribution >= 4 is 17.9 Å². The first kappa shape index (κ1) is 33.2. The molecular formula is C44H50O6. The van der Waals surface area contributed by atoms with E-state index in [4.69, 9.17) is 14.2 Å². The van der Waals surface area contributed by atoms with Gasteiger partial charge >= 0.3 is 17.9 Å². The molecule has 4 aliphatic carbocycles. The number of rotatable bonds is 8. The molecule has 6 heteroatoms. The van der Waals surface area contributed by atoms with E-state index in [1.807, 2.05) is 50.2 Å². The zero-order valence-electron chi connectivity index (χ0n) is 30.3. The first-order chi connectivity index (χ1) is 24.0. The van der Waals surface area contributed by atoms with Gasteiger partial charge in [-0.15, -0.1) is 0 Å². The second-order valence-corrected chi connectivity index (χ2v) is 16.5. The van der Waals surface area contributed by atoms with E-state index in [-0.39, 0.29) is 41.6 Å². The number of carbonyl (C=O) groups excluding carboxylic acids is 3. The lowest BCUT2D eigenvalue weighted by Gasteiger charge is -2.36. The predicted molar refractivity (Wildman–Crippen MR) is 191 cm³/mol. The molecule has 8 rings (SSSR count). The lowest BCUT2D eigenvalue weighted by molar-refractivity contribution is -0.137. The van der Waals surface area contributed by atoms with Crippen molar-refractivity contribution in [1.29, 1.82) is 0 Å². The third-order valence-corrected chi connectivity index (χ3v) is 12.7. The monoisotopic (exact) mass is 674 g/mol. The molecule has 4 unspecified atom stereocenters. The fourth-order valence-electron chi connectivity index (χ4n) is 9.99. The van der Waals surface area contributed by atoms with Gasteiger partial charge in [0.2, 0.25) is 0 Å². The lowest BCUT2D eigenvalue weighted by Crippen LogP contribution is -2.33.